The summed E-state index contributed by atoms with van der Waals surface area (Å²) in [5.74, 6) is 1.24. The van der Waals surface area contributed by atoms with Gasteiger partial charge in [-0.15, -0.1) is 16.4 Å². The highest BCUT2D eigenvalue weighted by molar-refractivity contribution is 7.13. The predicted octanol–water partition coefficient (Wildman–Crippen LogP) is 8.71. The Balaban J connectivity index is 0.000000682. The van der Waals surface area contributed by atoms with E-state index in [0.29, 0.717) is 124 Å². The number of aryl methyl sites for hydroxylation is 1. The molecular weight excluding hydrogens is 1170 g/mol. The molecule has 4 amide bonds. The Bertz CT molecular complexity index is 2830. The number of nitrogens with zero attached hydrogens (tertiary/aromatic N) is 8. The lowest BCUT2D eigenvalue weighted by Gasteiger charge is -2.32. The van der Waals surface area contributed by atoms with E-state index in [4.69, 9.17) is 52.3 Å². The minimum absolute atomic E-state index is 0.103. The number of carbonyl (C=O) groups is 4. The summed E-state index contributed by atoms with van der Waals surface area (Å²) in [5.41, 5.74) is 5.01. The Morgan fingerprint density at radius 3 is 2.18 bits per heavy atom. The number of piperazine rings is 1. The predicted molar refractivity (Wildman–Crippen MR) is 347 cm³/mol. The maximum atomic E-state index is 13.8. The fourth-order valence-electron chi connectivity index (χ4n) is 8.67. The van der Waals surface area contributed by atoms with E-state index in [1.165, 1.54) is 11.3 Å². The van der Waals surface area contributed by atoms with Gasteiger partial charge >= 0.3 is 0 Å². The Kier molecular flexibility index (Phi) is 35.6. The number of allylic oxidation sites excluding steroid dienone is 2. The molecule has 0 radical (unpaired) electrons. The van der Waals surface area contributed by atoms with Crippen LogP contribution in [0.5, 0.6) is 11.5 Å². The first kappa shape index (κ1) is 72.5. The molecule has 1 aliphatic rings. The van der Waals surface area contributed by atoms with Crippen LogP contribution in [0, 0.1) is 5.41 Å². The molecule has 4 N–H and O–H groups in total. The van der Waals surface area contributed by atoms with Gasteiger partial charge in [0.1, 0.15) is 24.1 Å². The van der Waals surface area contributed by atoms with Crippen molar-refractivity contribution in [1.82, 2.24) is 44.9 Å². The van der Waals surface area contributed by atoms with Crippen LogP contribution in [0.25, 0.3) is 0 Å². The fourth-order valence-corrected chi connectivity index (χ4v) is 9.64. The summed E-state index contributed by atoms with van der Waals surface area (Å²) in [6.07, 6.45) is 11.9. The van der Waals surface area contributed by atoms with Gasteiger partial charge < -0.3 is 64.6 Å². The third-order valence-electron chi connectivity index (χ3n) is 13.5. The van der Waals surface area contributed by atoms with E-state index in [9.17, 15) is 19.2 Å². The van der Waals surface area contributed by atoms with Crippen molar-refractivity contribution in [3.8, 4) is 11.5 Å². The van der Waals surface area contributed by atoms with Gasteiger partial charge in [-0.2, -0.15) is 0 Å². The summed E-state index contributed by atoms with van der Waals surface area (Å²) < 4.78 is 30.7. The van der Waals surface area contributed by atoms with Crippen LogP contribution in [-0.4, -0.2) is 197 Å². The van der Waals surface area contributed by atoms with Crippen molar-refractivity contribution in [1.29, 1.82) is 5.41 Å². The lowest BCUT2D eigenvalue weighted by Crippen LogP contribution is -2.47. The molecule has 1 atom stereocenters. The van der Waals surface area contributed by atoms with E-state index in [-0.39, 0.29) is 30.7 Å². The number of benzene rings is 3. The number of hydrogen-bond donors (Lipinski definition) is 4. The smallest absolute Gasteiger partial charge is 0.247 e. The summed E-state index contributed by atoms with van der Waals surface area (Å²) >= 11 is 13.9. The molecule has 87 heavy (non-hydrogen) atoms. The van der Waals surface area contributed by atoms with Crippen molar-refractivity contribution >= 4 is 76.2 Å². The van der Waals surface area contributed by atoms with Gasteiger partial charge in [0, 0.05) is 83.0 Å². The third-order valence-corrected chi connectivity index (χ3v) is 15.1. The molecule has 5 aromatic rings. The molecule has 0 spiro atoms. The zero-order valence-electron chi connectivity index (χ0n) is 50.9. The molecule has 1 fully saturated rings. The molecule has 0 saturated carbocycles. The number of rotatable bonds is 39. The van der Waals surface area contributed by atoms with E-state index >= 15 is 0 Å². The van der Waals surface area contributed by atoms with Crippen LogP contribution in [0.15, 0.2) is 115 Å². The van der Waals surface area contributed by atoms with Crippen LogP contribution in [0.1, 0.15) is 61.2 Å². The Hall–Kier alpha value is -7.02. The van der Waals surface area contributed by atoms with Crippen LogP contribution >= 0.6 is 34.5 Å². The van der Waals surface area contributed by atoms with E-state index in [0.717, 1.165) is 86.1 Å². The topological polar surface area (TPSA) is 231 Å². The normalized spacial score (nSPS) is 12.6. The maximum Gasteiger partial charge on any atom is 0.247 e. The number of unbranched alkanes of at least 4 members (excludes halogenated alkanes) is 1. The highest BCUT2D eigenvalue weighted by Gasteiger charge is 2.31. The molecule has 0 aliphatic carbocycles. The Morgan fingerprint density at radius 1 is 0.816 bits per heavy atom. The number of hydrogen-bond acceptors (Lipinski definition) is 17. The zero-order chi connectivity index (χ0) is 63.0. The minimum Gasteiger partial charge on any atom is -0.494 e. The third kappa shape index (κ3) is 28.1. The van der Waals surface area contributed by atoms with Crippen molar-refractivity contribution in [2.45, 2.75) is 64.5 Å². The summed E-state index contributed by atoms with van der Waals surface area (Å²) in [5, 5.41) is 25.5. The molecule has 6 rings (SSSR count). The van der Waals surface area contributed by atoms with Gasteiger partial charge in [0.25, 0.3) is 0 Å². The maximum absolute atomic E-state index is 13.8. The molecule has 21 nitrogen and oxygen atoms in total. The molecule has 2 aromatic heterocycles. The second kappa shape index (κ2) is 42.8. The van der Waals surface area contributed by atoms with Gasteiger partial charge in [-0.1, -0.05) is 84.9 Å². The van der Waals surface area contributed by atoms with Crippen molar-refractivity contribution in [2.24, 2.45) is 0 Å². The monoisotopic (exact) mass is 1260 g/mol. The molecule has 0 bridgehead atoms. The molecule has 1 aliphatic heterocycles. The lowest BCUT2D eigenvalue weighted by atomic mass is 10.0. The summed E-state index contributed by atoms with van der Waals surface area (Å²) in [7, 11) is 6.03. The summed E-state index contributed by atoms with van der Waals surface area (Å²) in [6, 6.07) is 19.8. The standard InChI is InChI=1S/C51H69Cl2N7O7.C11H16N4O2S.CH3N/c1-6-11-40(8-3)38-55-51(62)50(42-15-22-47(52)48(53)37-42)60(25-7-2)49(61)23-14-41-12-18-45(19-13-41)66-29-10-9-26-58(5)27-31-64-34-33-63-30-24-44-39-59(57-56-44)28-32-65-35-36-67-46-20-16-43(54-4)17-21-46;1-14-2-4-15(5-3-14)10(17)6-9-7-18-11(13-9)12-8-16;1-2/h6,8,11-13,15-22,37,39,50,54H,1,3,7,9-10,14,23-36,38H2,2,4-5H3,(H,55,62);7-8H,2-6H2,1H3,(H,12,13,16);2H,1H2/b40-11+;;. The van der Waals surface area contributed by atoms with Gasteiger partial charge in [-0.05, 0) is 118 Å². The quantitative estimate of drug-likeness (QED) is 0.0125. The number of thiazole rings is 1. The first-order chi connectivity index (χ1) is 42.3. The fraction of sp³-hybridized carbons (Fsp3) is 0.460. The van der Waals surface area contributed by atoms with Gasteiger partial charge in [0.15, 0.2) is 5.13 Å². The van der Waals surface area contributed by atoms with Gasteiger partial charge in [0.05, 0.1) is 80.6 Å². The van der Waals surface area contributed by atoms with Crippen LogP contribution in [0.2, 0.25) is 10.0 Å². The number of aromatic nitrogens is 4. The van der Waals surface area contributed by atoms with Crippen molar-refractivity contribution < 1.29 is 42.9 Å². The van der Waals surface area contributed by atoms with Crippen LogP contribution in [0.3, 0.4) is 0 Å². The van der Waals surface area contributed by atoms with E-state index < -0.39 is 6.04 Å². The van der Waals surface area contributed by atoms with Crippen LogP contribution in [0.4, 0.5) is 10.8 Å². The summed E-state index contributed by atoms with van der Waals surface area (Å²) in [6.45, 7) is 22.8. The molecular formula is C63H88Cl2N12O9S. The molecule has 474 valence electrons. The average Bonchev–Trinajstić information content (AvgIpc) is 2.77. The number of anilines is 2. The number of halogens is 2. The van der Waals surface area contributed by atoms with Gasteiger partial charge in [0.2, 0.25) is 24.1 Å². The molecule has 1 saturated heterocycles. The number of ether oxygens (including phenoxy) is 5. The Labute approximate surface area is 527 Å². The second-order valence-corrected chi connectivity index (χ2v) is 21.7. The zero-order valence-corrected chi connectivity index (χ0v) is 53.2. The summed E-state index contributed by atoms with van der Waals surface area (Å²) in [4.78, 5) is 62.0. The second-order valence-electron chi connectivity index (χ2n) is 20.0. The Morgan fingerprint density at radius 2 is 1.51 bits per heavy atom. The first-order valence-electron chi connectivity index (χ1n) is 29.2. The highest BCUT2D eigenvalue weighted by Crippen LogP contribution is 2.30. The van der Waals surface area contributed by atoms with Crippen molar-refractivity contribution in [3.05, 3.63) is 148 Å². The number of amides is 4. The van der Waals surface area contributed by atoms with Crippen molar-refractivity contribution in [3.63, 3.8) is 0 Å². The van der Waals surface area contributed by atoms with Crippen LogP contribution < -0.4 is 25.4 Å². The van der Waals surface area contributed by atoms with E-state index in [2.05, 4.69) is 75.0 Å². The van der Waals surface area contributed by atoms with Gasteiger partial charge in [-0.3, -0.25) is 19.2 Å². The SMILES string of the molecule is C=C/C=C(\C=C)CNC(=O)C(c1ccc(Cl)c(Cl)c1)N(CCC)C(=O)CCc1ccc(OCCCCN(C)CCOCCOCCc2cn(CCOCCOc3ccc(NC)cc3)nn2)cc1.C=N.CN1CCN(C(=O)Cc2csc(NC=O)n2)CC1. The lowest BCUT2D eigenvalue weighted by molar-refractivity contribution is -0.140. The average molecular weight is 1260 g/mol. The van der Waals surface area contributed by atoms with E-state index in [1.54, 1.807) is 51.4 Å². The number of nitrogens with one attached hydrogen (secondary N) is 4. The molecule has 24 heteroatoms. The molecule has 3 aromatic carbocycles. The minimum atomic E-state index is -0.895. The largest absolute Gasteiger partial charge is 0.494 e. The number of likely N-dealkylation sites (N-methyl/N-ethyl adjacent to an activating group) is 2. The van der Waals surface area contributed by atoms with Gasteiger partial charge in [-0.25, -0.2) is 9.67 Å². The number of carbonyl (C=O) groups excluding carboxylic acids is 4. The van der Waals surface area contributed by atoms with Crippen molar-refractivity contribution in [2.75, 3.05) is 137 Å². The molecule has 1 unspecified atom stereocenters. The first-order valence-corrected chi connectivity index (χ1v) is 30.8. The van der Waals surface area contributed by atoms with E-state index in [1.807, 2.05) is 73.6 Å². The van der Waals surface area contributed by atoms with Crippen LogP contribution in [-0.2, 0) is 59.2 Å². The molecule has 3 heterocycles. The highest BCUT2D eigenvalue weighted by atomic mass is 35.5.